The quantitative estimate of drug-likeness (QED) is 0.439. The number of carbonyl (C=O) groups excluding carboxylic acids is 2. The van der Waals surface area contributed by atoms with E-state index >= 15 is 0 Å². The van der Waals surface area contributed by atoms with Crippen molar-refractivity contribution in [1.29, 1.82) is 0 Å². The number of aliphatic carboxylic acids is 1. The number of ether oxygens (including phenoxy) is 1. The number of nitrogens with one attached hydrogen (secondary N) is 2. The second-order valence-corrected chi connectivity index (χ2v) is 10.3. The SMILES string of the molecule is CCC[C@@H](NC(=O)C(CCC(C)(C)C)NC(=O)OCC1c2ccccc2-c2ccccc21)C(=O)O. The number of rotatable bonds is 10. The number of carboxylic acid groups (broad SMARTS) is 1. The molecule has 2 aromatic rings. The first-order valence-electron chi connectivity index (χ1n) is 12.3. The van der Waals surface area contributed by atoms with Gasteiger partial charge in [0.25, 0.3) is 0 Å². The maximum absolute atomic E-state index is 12.9. The first kappa shape index (κ1) is 26.3. The molecule has 2 atom stereocenters. The van der Waals surface area contributed by atoms with E-state index in [1.807, 2.05) is 64.1 Å². The Balaban J connectivity index is 1.68. The van der Waals surface area contributed by atoms with E-state index in [0.29, 0.717) is 25.7 Å². The van der Waals surface area contributed by atoms with E-state index in [1.165, 1.54) is 0 Å². The van der Waals surface area contributed by atoms with Crippen LogP contribution in [0.1, 0.15) is 70.4 Å². The summed E-state index contributed by atoms with van der Waals surface area (Å²) in [7, 11) is 0. The van der Waals surface area contributed by atoms with E-state index in [4.69, 9.17) is 4.74 Å². The number of carboxylic acids is 1. The Bertz CT molecular complexity index is 1010. The van der Waals surface area contributed by atoms with Crippen LogP contribution >= 0.6 is 0 Å². The van der Waals surface area contributed by atoms with E-state index in [2.05, 4.69) is 22.8 Å². The minimum absolute atomic E-state index is 0.0585. The summed E-state index contributed by atoms with van der Waals surface area (Å²) in [6, 6.07) is 14.3. The highest BCUT2D eigenvalue weighted by atomic mass is 16.5. The normalized spacial score (nSPS) is 14.4. The van der Waals surface area contributed by atoms with E-state index in [9.17, 15) is 19.5 Å². The summed E-state index contributed by atoms with van der Waals surface area (Å²) in [4.78, 5) is 37.2. The van der Waals surface area contributed by atoms with E-state index in [-0.39, 0.29) is 17.9 Å². The minimum Gasteiger partial charge on any atom is -0.480 e. The fourth-order valence-electron chi connectivity index (χ4n) is 4.45. The third-order valence-electron chi connectivity index (χ3n) is 6.33. The topological polar surface area (TPSA) is 105 Å². The van der Waals surface area contributed by atoms with Crippen molar-refractivity contribution in [1.82, 2.24) is 10.6 Å². The van der Waals surface area contributed by atoms with Crippen LogP contribution in [0.15, 0.2) is 48.5 Å². The average Bonchev–Trinajstić information content (AvgIpc) is 3.13. The Kier molecular flexibility index (Phi) is 8.54. The van der Waals surface area contributed by atoms with Gasteiger partial charge in [-0.1, -0.05) is 82.6 Å². The number of benzene rings is 2. The summed E-state index contributed by atoms with van der Waals surface area (Å²) >= 11 is 0. The van der Waals surface area contributed by atoms with Crippen LogP contribution in [0, 0.1) is 5.41 Å². The Morgan fingerprint density at radius 3 is 2.00 bits per heavy atom. The molecule has 0 radical (unpaired) electrons. The first-order chi connectivity index (χ1) is 16.6. The number of alkyl carbamates (subject to hydrolysis) is 1. The minimum atomic E-state index is -1.09. The Hall–Kier alpha value is -3.35. The lowest BCUT2D eigenvalue weighted by Gasteiger charge is -2.25. The molecule has 188 valence electrons. The lowest BCUT2D eigenvalue weighted by Crippen LogP contribution is -2.52. The van der Waals surface area contributed by atoms with Crippen molar-refractivity contribution >= 4 is 18.0 Å². The van der Waals surface area contributed by atoms with Crippen LogP contribution in [-0.4, -0.2) is 41.8 Å². The number of fused-ring (bicyclic) bond motifs is 3. The number of carbonyl (C=O) groups is 3. The van der Waals surface area contributed by atoms with Crippen LogP contribution in [0.3, 0.4) is 0 Å². The molecule has 7 nitrogen and oxygen atoms in total. The van der Waals surface area contributed by atoms with Gasteiger partial charge in [0, 0.05) is 5.92 Å². The van der Waals surface area contributed by atoms with Gasteiger partial charge in [-0.05, 0) is 46.9 Å². The number of hydrogen-bond acceptors (Lipinski definition) is 4. The third-order valence-corrected chi connectivity index (χ3v) is 6.33. The maximum atomic E-state index is 12.9. The summed E-state index contributed by atoms with van der Waals surface area (Å²) in [6.45, 7) is 8.14. The molecule has 0 saturated heterocycles. The van der Waals surface area contributed by atoms with E-state index < -0.39 is 30.1 Å². The monoisotopic (exact) mass is 480 g/mol. The summed E-state index contributed by atoms with van der Waals surface area (Å²) < 4.78 is 5.61. The highest BCUT2D eigenvalue weighted by Gasteiger charge is 2.31. The van der Waals surface area contributed by atoms with Crippen molar-refractivity contribution in [3.8, 4) is 11.1 Å². The van der Waals surface area contributed by atoms with Gasteiger partial charge >= 0.3 is 12.1 Å². The molecule has 0 aromatic heterocycles. The van der Waals surface area contributed by atoms with Gasteiger partial charge in [0.15, 0.2) is 0 Å². The van der Waals surface area contributed by atoms with Crippen LogP contribution in [0.25, 0.3) is 11.1 Å². The van der Waals surface area contributed by atoms with Gasteiger partial charge in [0.2, 0.25) is 5.91 Å². The van der Waals surface area contributed by atoms with Gasteiger partial charge in [0.05, 0.1) is 0 Å². The molecule has 1 aliphatic carbocycles. The maximum Gasteiger partial charge on any atom is 0.407 e. The molecule has 0 fully saturated rings. The fourth-order valence-corrected chi connectivity index (χ4v) is 4.45. The van der Waals surface area contributed by atoms with Crippen molar-refractivity contribution in [2.75, 3.05) is 6.61 Å². The molecule has 0 saturated carbocycles. The number of amides is 2. The predicted octanol–water partition coefficient (Wildman–Crippen LogP) is 5.09. The van der Waals surface area contributed by atoms with Crippen molar-refractivity contribution in [2.45, 2.75) is 71.4 Å². The molecule has 3 rings (SSSR count). The largest absolute Gasteiger partial charge is 0.480 e. The standard InChI is InChI=1S/C28H36N2O5/c1-5-10-24(26(32)33)29-25(31)23(15-16-28(2,3)4)30-27(34)35-17-22-20-13-8-6-11-18(20)19-12-7-9-14-21(19)22/h6-9,11-14,22-24H,5,10,15-17H2,1-4H3,(H,29,31)(H,30,34)(H,32,33)/t23?,24-/m1/s1. The molecule has 1 aliphatic rings. The van der Waals surface area contributed by atoms with Crippen LogP contribution in [0.4, 0.5) is 4.79 Å². The average molecular weight is 481 g/mol. The molecule has 35 heavy (non-hydrogen) atoms. The predicted molar refractivity (Wildman–Crippen MR) is 135 cm³/mol. The summed E-state index contributed by atoms with van der Waals surface area (Å²) in [6.07, 6.45) is 1.28. The molecule has 7 heteroatoms. The Morgan fingerprint density at radius 2 is 1.49 bits per heavy atom. The van der Waals surface area contributed by atoms with Gasteiger partial charge in [-0.3, -0.25) is 4.79 Å². The fraction of sp³-hybridized carbons (Fsp3) is 0.464. The van der Waals surface area contributed by atoms with E-state index in [0.717, 1.165) is 22.3 Å². The molecular formula is C28H36N2O5. The van der Waals surface area contributed by atoms with Gasteiger partial charge in [-0.15, -0.1) is 0 Å². The molecule has 2 amide bonds. The van der Waals surface area contributed by atoms with Gasteiger partial charge < -0.3 is 20.5 Å². The van der Waals surface area contributed by atoms with E-state index in [1.54, 1.807) is 0 Å². The van der Waals surface area contributed by atoms with Crippen LogP contribution in [0.2, 0.25) is 0 Å². The third kappa shape index (κ3) is 6.84. The second kappa shape index (κ2) is 11.4. The summed E-state index contributed by atoms with van der Waals surface area (Å²) in [5, 5.41) is 14.7. The zero-order valence-corrected chi connectivity index (χ0v) is 21.0. The van der Waals surface area contributed by atoms with Crippen LogP contribution < -0.4 is 10.6 Å². The lowest BCUT2D eigenvalue weighted by molar-refractivity contribution is -0.142. The zero-order chi connectivity index (χ0) is 25.6. The lowest BCUT2D eigenvalue weighted by atomic mass is 9.88. The molecule has 1 unspecified atom stereocenters. The summed E-state index contributed by atoms with van der Waals surface area (Å²) in [5.74, 6) is -1.68. The van der Waals surface area contributed by atoms with Gasteiger partial charge in [-0.25, -0.2) is 9.59 Å². The van der Waals surface area contributed by atoms with Crippen LogP contribution in [0.5, 0.6) is 0 Å². The highest BCUT2D eigenvalue weighted by molar-refractivity contribution is 5.89. The summed E-state index contributed by atoms with van der Waals surface area (Å²) in [5.41, 5.74) is 4.42. The molecule has 0 spiro atoms. The van der Waals surface area contributed by atoms with Crippen molar-refractivity contribution in [3.63, 3.8) is 0 Å². The molecule has 0 heterocycles. The molecule has 3 N–H and O–H groups in total. The highest BCUT2D eigenvalue weighted by Crippen LogP contribution is 2.44. The second-order valence-electron chi connectivity index (χ2n) is 10.3. The molecular weight excluding hydrogens is 444 g/mol. The molecule has 0 aliphatic heterocycles. The van der Waals surface area contributed by atoms with Crippen LogP contribution in [-0.2, 0) is 14.3 Å². The van der Waals surface area contributed by atoms with Gasteiger partial charge in [0.1, 0.15) is 18.7 Å². The first-order valence-corrected chi connectivity index (χ1v) is 12.3. The molecule has 0 bridgehead atoms. The Labute approximate surface area is 207 Å². The number of hydrogen-bond donors (Lipinski definition) is 3. The zero-order valence-electron chi connectivity index (χ0n) is 21.0. The van der Waals surface area contributed by atoms with Gasteiger partial charge in [-0.2, -0.15) is 0 Å². The van der Waals surface area contributed by atoms with Crippen molar-refractivity contribution in [3.05, 3.63) is 59.7 Å². The smallest absolute Gasteiger partial charge is 0.407 e. The van der Waals surface area contributed by atoms with Crippen molar-refractivity contribution in [2.24, 2.45) is 5.41 Å². The van der Waals surface area contributed by atoms with Crippen molar-refractivity contribution < 1.29 is 24.2 Å². The Morgan fingerprint density at radius 1 is 0.914 bits per heavy atom. The molecule has 2 aromatic carbocycles.